The molecular formula is C10H8CoN4O6. The molecule has 113 valence electrons. The molecule has 2 rings (SSSR count). The molecule has 0 aliphatic carbocycles. The number of carboxylic acids is 1. The van der Waals surface area contributed by atoms with Crippen LogP contribution in [0.3, 0.4) is 0 Å². The molecule has 1 heterocycles. The number of nitrogens with one attached hydrogen (secondary N) is 1. The molecule has 1 aromatic carbocycles. The molecule has 2 N–H and O–H groups in total. The van der Waals surface area contributed by atoms with Crippen molar-refractivity contribution in [3.05, 3.63) is 62.7 Å². The van der Waals surface area contributed by atoms with E-state index >= 15 is 0 Å². The maximum Gasteiger partial charge on any atom is 0.336 e. The van der Waals surface area contributed by atoms with Gasteiger partial charge in [0.15, 0.2) is 0 Å². The van der Waals surface area contributed by atoms with Crippen molar-refractivity contribution in [1.29, 1.82) is 0 Å². The Morgan fingerprint density at radius 3 is 1.90 bits per heavy atom. The fourth-order valence-electron chi connectivity index (χ4n) is 1.14. The fraction of sp³-hybridized carbons (Fsp3) is 0. The number of nitro groups is 2. The molecule has 2 aromatic rings. The van der Waals surface area contributed by atoms with Crippen LogP contribution in [-0.4, -0.2) is 30.9 Å². The third kappa shape index (κ3) is 5.79. The molecule has 10 nitrogen and oxygen atoms in total. The van der Waals surface area contributed by atoms with Gasteiger partial charge in [0.2, 0.25) is 0 Å². The Hall–Kier alpha value is -2.79. The summed E-state index contributed by atoms with van der Waals surface area (Å²) in [4.78, 5) is 35.8. The second-order valence-electron chi connectivity index (χ2n) is 3.32. The van der Waals surface area contributed by atoms with Crippen molar-refractivity contribution in [2.24, 2.45) is 0 Å². The molecule has 21 heavy (non-hydrogen) atoms. The minimum atomic E-state index is -1.46. The standard InChI is InChI=1S/C7H4N2O6.C3H4N2.Co/c10-7(11)4-1-5(8(12)13)3-6(2-4)9(14)15;1-2-5-3-4-1;/h1-3H,(H,10,11);1-3H,(H,4,5);. The first-order valence-corrected chi connectivity index (χ1v) is 5.01. The third-order valence-corrected chi connectivity index (χ3v) is 1.98. The zero-order chi connectivity index (χ0) is 15.1. The number of aromatic carboxylic acids is 1. The van der Waals surface area contributed by atoms with Gasteiger partial charge in [-0.3, -0.25) is 20.2 Å². The average Bonchev–Trinajstić information content (AvgIpc) is 2.97. The second kappa shape index (κ2) is 8.39. The molecule has 0 fully saturated rings. The molecule has 0 amide bonds. The van der Waals surface area contributed by atoms with Gasteiger partial charge in [0.05, 0.1) is 27.8 Å². The van der Waals surface area contributed by atoms with Crippen molar-refractivity contribution in [3.8, 4) is 0 Å². The minimum Gasteiger partial charge on any atom is -0.478 e. The number of benzene rings is 1. The summed E-state index contributed by atoms with van der Waals surface area (Å²) in [6.45, 7) is 0. The van der Waals surface area contributed by atoms with E-state index in [-0.39, 0.29) is 16.8 Å². The fourth-order valence-corrected chi connectivity index (χ4v) is 1.14. The van der Waals surface area contributed by atoms with Crippen molar-refractivity contribution in [3.63, 3.8) is 0 Å². The number of nitro benzene ring substituents is 2. The summed E-state index contributed by atoms with van der Waals surface area (Å²) in [5.74, 6) is -1.46. The van der Waals surface area contributed by atoms with Gasteiger partial charge in [0, 0.05) is 41.3 Å². The molecule has 0 saturated carbocycles. The molecule has 0 aliphatic rings. The first kappa shape index (κ1) is 18.2. The largest absolute Gasteiger partial charge is 0.478 e. The van der Waals surface area contributed by atoms with E-state index in [0.29, 0.717) is 6.07 Å². The molecule has 1 radical (unpaired) electrons. The normalized spacial score (nSPS) is 8.76. The van der Waals surface area contributed by atoms with Crippen molar-refractivity contribution < 1.29 is 36.5 Å². The molecule has 0 unspecified atom stereocenters. The number of carbonyl (C=O) groups is 1. The first-order chi connectivity index (χ1) is 9.41. The number of carboxylic acid groups (broad SMARTS) is 1. The van der Waals surface area contributed by atoms with Crippen molar-refractivity contribution >= 4 is 17.3 Å². The number of rotatable bonds is 3. The number of non-ortho nitro benzene ring substituents is 2. The van der Waals surface area contributed by atoms with Gasteiger partial charge >= 0.3 is 5.97 Å². The van der Waals surface area contributed by atoms with E-state index in [9.17, 15) is 25.0 Å². The van der Waals surface area contributed by atoms with Gasteiger partial charge in [0.1, 0.15) is 0 Å². The van der Waals surface area contributed by atoms with E-state index in [1.165, 1.54) is 0 Å². The topological polar surface area (TPSA) is 152 Å². The summed E-state index contributed by atoms with van der Waals surface area (Å²) in [6.07, 6.45) is 5.08. The van der Waals surface area contributed by atoms with Crippen LogP contribution < -0.4 is 0 Å². The molecule has 0 aliphatic heterocycles. The summed E-state index contributed by atoms with van der Waals surface area (Å²) < 4.78 is 0. The zero-order valence-electron chi connectivity index (χ0n) is 10.1. The van der Waals surface area contributed by atoms with Gasteiger partial charge in [-0.05, 0) is 0 Å². The Kier molecular flexibility index (Phi) is 7.28. The number of hydrogen-bond donors (Lipinski definition) is 2. The number of nitrogens with zero attached hydrogens (tertiary/aromatic N) is 3. The van der Waals surface area contributed by atoms with E-state index in [0.717, 1.165) is 12.1 Å². The van der Waals surface area contributed by atoms with Crippen LogP contribution in [0.1, 0.15) is 10.4 Å². The Balaban J connectivity index is 0.000000562. The van der Waals surface area contributed by atoms with E-state index in [2.05, 4.69) is 9.97 Å². The van der Waals surface area contributed by atoms with Gasteiger partial charge in [-0.1, -0.05) is 0 Å². The number of hydrogen-bond acceptors (Lipinski definition) is 6. The van der Waals surface area contributed by atoms with Crippen LogP contribution in [0.15, 0.2) is 36.9 Å². The predicted molar refractivity (Wildman–Crippen MR) is 65.3 cm³/mol. The van der Waals surface area contributed by atoms with Crippen LogP contribution in [0.4, 0.5) is 11.4 Å². The quantitative estimate of drug-likeness (QED) is 0.636. The van der Waals surface area contributed by atoms with Crippen LogP contribution in [0.25, 0.3) is 0 Å². The summed E-state index contributed by atoms with van der Waals surface area (Å²) >= 11 is 0. The van der Waals surface area contributed by atoms with Crippen LogP contribution in [0, 0.1) is 20.2 Å². The molecule has 0 atom stereocenters. The maximum atomic E-state index is 10.5. The third-order valence-electron chi connectivity index (χ3n) is 1.98. The average molecular weight is 339 g/mol. The summed E-state index contributed by atoms with van der Waals surface area (Å²) in [5.41, 5.74) is -1.74. The molecule has 1 aromatic heterocycles. The van der Waals surface area contributed by atoms with Gasteiger partial charge in [-0.15, -0.1) is 0 Å². The Labute approximate surface area is 127 Å². The first-order valence-electron chi connectivity index (χ1n) is 5.01. The van der Waals surface area contributed by atoms with Gasteiger partial charge in [0.25, 0.3) is 11.4 Å². The van der Waals surface area contributed by atoms with E-state index in [1.807, 2.05) is 0 Å². The van der Waals surface area contributed by atoms with Crippen molar-refractivity contribution in [2.75, 3.05) is 0 Å². The number of aromatic nitrogens is 2. The zero-order valence-corrected chi connectivity index (χ0v) is 11.2. The molecule has 0 saturated heterocycles. The predicted octanol–water partition coefficient (Wildman–Crippen LogP) is 1.61. The smallest absolute Gasteiger partial charge is 0.336 e. The molecule has 11 heteroatoms. The van der Waals surface area contributed by atoms with Gasteiger partial charge < -0.3 is 10.1 Å². The van der Waals surface area contributed by atoms with Crippen LogP contribution in [0.5, 0.6) is 0 Å². The number of imidazole rings is 1. The number of H-pyrrole nitrogens is 1. The van der Waals surface area contributed by atoms with Crippen molar-refractivity contribution in [1.82, 2.24) is 9.97 Å². The summed E-state index contributed by atoms with van der Waals surface area (Å²) in [7, 11) is 0. The summed E-state index contributed by atoms with van der Waals surface area (Å²) in [5, 5.41) is 29.2. The van der Waals surface area contributed by atoms with E-state index in [4.69, 9.17) is 5.11 Å². The second-order valence-corrected chi connectivity index (χ2v) is 3.32. The maximum absolute atomic E-state index is 10.5. The SMILES string of the molecule is O=C(O)c1cc([N+](=O)[O-])cc([N+](=O)[O-])c1.[Co].c1c[nH]cn1. The van der Waals surface area contributed by atoms with E-state index in [1.54, 1.807) is 18.7 Å². The Morgan fingerprint density at radius 2 is 1.67 bits per heavy atom. The molecule has 0 bridgehead atoms. The van der Waals surface area contributed by atoms with Crippen LogP contribution in [-0.2, 0) is 16.8 Å². The van der Waals surface area contributed by atoms with Gasteiger partial charge in [-0.25, -0.2) is 9.78 Å². The van der Waals surface area contributed by atoms with Crippen molar-refractivity contribution in [2.45, 2.75) is 0 Å². The Bertz CT molecular complexity index is 534. The van der Waals surface area contributed by atoms with Crippen LogP contribution >= 0.6 is 0 Å². The monoisotopic (exact) mass is 339 g/mol. The summed E-state index contributed by atoms with van der Waals surface area (Å²) in [6, 6.07) is 2.22. The number of aromatic amines is 1. The van der Waals surface area contributed by atoms with E-state index < -0.39 is 32.8 Å². The Morgan fingerprint density at radius 1 is 1.14 bits per heavy atom. The minimum absolute atomic E-state index is 0. The van der Waals surface area contributed by atoms with Gasteiger partial charge in [-0.2, -0.15) is 0 Å². The van der Waals surface area contributed by atoms with Crippen LogP contribution in [0.2, 0.25) is 0 Å². The molecule has 0 spiro atoms. The molecular weight excluding hydrogens is 331 g/mol.